The monoisotopic (exact) mass is 276 g/mol. The number of ether oxygens (including phenoxy) is 1. The molecule has 3 heterocycles. The van der Waals surface area contributed by atoms with Crippen molar-refractivity contribution in [2.24, 2.45) is 0 Å². The van der Waals surface area contributed by atoms with Gasteiger partial charge in [0, 0.05) is 38.4 Å². The van der Waals surface area contributed by atoms with Crippen molar-refractivity contribution < 1.29 is 9.84 Å². The molecule has 110 valence electrons. The molecular formula is C16H24N2O2. The highest BCUT2D eigenvalue weighted by Gasteiger charge is 2.44. The third kappa shape index (κ3) is 3.19. The molecule has 0 aromatic carbocycles. The summed E-state index contributed by atoms with van der Waals surface area (Å²) < 4.78 is 6.04. The van der Waals surface area contributed by atoms with Crippen LogP contribution in [0.2, 0.25) is 0 Å². The van der Waals surface area contributed by atoms with Crippen molar-refractivity contribution in [1.82, 2.24) is 9.88 Å². The number of likely N-dealkylation sites (tertiary alicyclic amines) is 1. The molecule has 1 N–H and O–H groups in total. The standard InChI is InChI=1S/C16H24N2O2/c1-15(19)6-11-20-16(13-15)4-9-18(10-5-16)12-14-2-7-17-8-3-14/h2-3,7-8,19H,4-6,9-13H2,1H3. The zero-order valence-corrected chi connectivity index (χ0v) is 12.2. The van der Waals surface area contributed by atoms with E-state index in [1.54, 1.807) is 0 Å². The summed E-state index contributed by atoms with van der Waals surface area (Å²) in [7, 11) is 0. The number of rotatable bonds is 2. The third-order valence-electron chi connectivity index (χ3n) is 4.67. The minimum atomic E-state index is -0.550. The van der Waals surface area contributed by atoms with E-state index in [9.17, 15) is 5.11 Å². The highest BCUT2D eigenvalue weighted by atomic mass is 16.5. The average Bonchev–Trinajstić information content (AvgIpc) is 2.42. The first-order chi connectivity index (χ1) is 9.57. The normalized spacial score (nSPS) is 30.5. The van der Waals surface area contributed by atoms with Crippen LogP contribution >= 0.6 is 0 Å². The topological polar surface area (TPSA) is 45.6 Å². The van der Waals surface area contributed by atoms with E-state index in [0.717, 1.165) is 45.3 Å². The van der Waals surface area contributed by atoms with E-state index >= 15 is 0 Å². The summed E-state index contributed by atoms with van der Waals surface area (Å²) >= 11 is 0. The van der Waals surface area contributed by atoms with Crippen molar-refractivity contribution in [1.29, 1.82) is 0 Å². The van der Waals surface area contributed by atoms with E-state index in [2.05, 4.69) is 22.0 Å². The third-order valence-corrected chi connectivity index (χ3v) is 4.67. The first kappa shape index (κ1) is 14.0. The quantitative estimate of drug-likeness (QED) is 0.897. The number of aliphatic hydroxyl groups is 1. The van der Waals surface area contributed by atoms with E-state index in [4.69, 9.17) is 4.74 Å². The number of hydrogen-bond acceptors (Lipinski definition) is 4. The molecule has 1 unspecified atom stereocenters. The molecule has 0 aliphatic carbocycles. The Bertz CT molecular complexity index is 439. The Kier molecular flexibility index (Phi) is 3.80. The number of nitrogens with zero attached hydrogens (tertiary/aromatic N) is 2. The lowest BCUT2D eigenvalue weighted by Gasteiger charge is -2.48. The van der Waals surface area contributed by atoms with Crippen LogP contribution in [0, 0.1) is 0 Å². The van der Waals surface area contributed by atoms with Gasteiger partial charge in [-0.25, -0.2) is 0 Å². The van der Waals surface area contributed by atoms with Gasteiger partial charge in [0.2, 0.25) is 0 Å². The van der Waals surface area contributed by atoms with Crippen LogP contribution in [0.5, 0.6) is 0 Å². The molecule has 4 heteroatoms. The Balaban J connectivity index is 1.57. The Labute approximate surface area is 120 Å². The van der Waals surface area contributed by atoms with Gasteiger partial charge in [-0.15, -0.1) is 0 Å². The average molecular weight is 276 g/mol. The van der Waals surface area contributed by atoms with Crippen molar-refractivity contribution in [3.63, 3.8) is 0 Å². The molecule has 0 bridgehead atoms. The van der Waals surface area contributed by atoms with Gasteiger partial charge in [0.15, 0.2) is 0 Å². The summed E-state index contributed by atoms with van der Waals surface area (Å²) in [5.41, 5.74) is 0.676. The van der Waals surface area contributed by atoms with Crippen LogP contribution < -0.4 is 0 Å². The van der Waals surface area contributed by atoms with Gasteiger partial charge in [0.1, 0.15) is 0 Å². The van der Waals surface area contributed by atoms with Crippen LogP contribution in [-0.4, -0.2) is 45.9 Å². The Morgan fingerprint density at radius 3 is 2.60 bits per heavy atom. The minimum Gasteiger partial charge on any atom is -0.390 e. The molecule has 1 aromatic rings. The molecule has 2 aliphatic rings. The van der Waals surface area contributed by atoms with Gasteiger partial charge >= 0.3 is 0 Å². The van der Waals surface area contributed by atoms with Crippen LogP contribution in [0.1, 0.15) is 38.2 Å². The van der Waals surface area contributed by atoms with Crippen molar-refractivity contribution in [2.45, 2.75) is 50.4 Å². The van der Waals surface area contributed by atoms with Crippen LogP contribution in [0.15, 0.2) is 24.5 Å². The summed E-state index contributed by atoms with van der Waals surface area (Å²) in [4.78, 5) is 6.52. The molecule has 1 atom stereocenters. The smallest absolute Gasteiger partial charge is 0.0734 e. The zero-order chi connectivity index (χ0) is 14.1. The lowest BCUT2D eigenvalue weighted by atomic mass is 9.78. The van der Waals surface area contributed by atoms with Gasteiger partial charge in [-0.05, 0) is 43.9 Å². The maximum Gasteiger partial charge on any atom is 0.0734 e. The SMILES string of the molecule is CC1(O)CCOC2(CCN(Cc3ccncc3)CC2)C1. The Morgan fingerprint density at radius 2 is 1.95 bits per heavy atom. The van der Waals surface area contributed by atoms with Gasteiger partial charge in [-0.3, -0.25) is 9.88 Å². The molecular weight excluding hydrogens is 252 g/mol. The van der Waals surface area contributed by atoms with Gasteiger partial charge in [0.25, 0.3) is 0 Å². The van der Waals surface area contributed by atoms with Crippen LogP contribution in [-0.2, 0) is 11.3 Å². The molecule has 2 aliphatic heterocycles. The minimum absolute atomic E-state index is 0.0868. The van der Waals surface area contributed by atoms with E-state index in [1.807, 2.05) is 19.3 Å². The second kappa shape index (κ2) is 5.43. The van der Waals surface area contributed by atoms with Gasteiger partial charge in [-0.2, -0.15) is 0 Å². The molecule has 3 rings (SSSR count). The van der Waals surface area contributed by atoms with Crippen molar-refractivity contribution >= 4 is 0 Å². The maximum absolute atomic E-state index is 10.3. The van der Waals surface area contributed by atoms with E-state index in [0.29, 0.717) is 6.61 Å². The molecule has 4 nitrogen and oxygen atoms in total. The maximum atomic E-state index is 10.3. The number of piperidine rings is 1. The Hall–Kier alpha value is -0.970. The van der Waals surface area contributed by atoms with E-state index in [-0.39, 0.29) is 5.60 Å². The molecule has 0 amide bonds. The van der Waals surface area contributed by atoms with Crippen LogP contribution in [0.4, 0.5) is 0 Å². The molecule has 2 saturated heterocycles. The van der Waals surface area contributed by atoms with Crippen molar-refractivity contribution in [3.8, 4) is 0 Å². The fourth-order valence-electron chi connectivity index (χ4n) is 3.51. The summed E-state index contributed by atoms with van der Waals surface area (Å²) in [6, 6.07) is 4.15. The fourth-order valence-corrected chi connectivity index (χ4v) is 3.51. The van der Waals surface area contributed by atoms with Crippen molar-refractivity contribution in [3.05, 3.63) is 30.1 Å². The molecule has 0 radical (unpaired) electrons. The number of pyridine rings is 1. The molecule has 20 heavy (non-hydrogen) atoms. The lowest BCUT2D eigenvalue weighted by molar-refractivity contribution is -0.173. The molecule has 1 aromatic heterocycles. The predicted octanol–water partition coefficient (Wildman–Crippen LogP) is 1.98. The summed E-state index contributed by atoms with van der Waals surface area (Å²) in [6.45, 7) is 5.70. The van der Waals surface area contributed by atoms with Gasteiger partial charge < -0.3 is 9.84 Å². The lowest BCUT2D eigenvalue weighted by Crippen LogP contribution is -2.53. The number of hydrogen-bond donors (Lipinski definition) is 1. The molecule has 2 fully saturated rings. The second-order valence-corrected chi connectivity index (χ2v) is 6.59. The number of aromatic nitrogens is 1. The summed E-state index contributed by atoms with van der Waals surface area (Å²) in [5.74, 6) is 0. The summed E-state index contributed by atoms with van der Waals surface area (Å²) in [5, 5.41) is 10.3. The van der Waals surface area contributed by atoms with Crippen LogP contribution in [0.25, 0.3) is 0 Å². The highest BCUT2D eigenvalue weighted by Crippen LogP contribution is 2.39. The second-order valence-electron chi connectivity index (χ2n) is 6.59. The largest absolute Gasteiger partial charge is 0.390 e. The van der Waals surface area contributed by atoms with Crippen molar-refractivity contribution in [2.75, 3.05) is 19.7 Å². The van der Waals surface area contributed by atoms with E-state index in [1.165, 1.54) is 5.56 Å². The van der Waals surface area contributed by atoms with Gasteiger partial charge in [-0.1, -0.05) is 0 Å². The van der Waals surface area contributed by atoms with Crippen LogP contribution in [0.3, 0.4) is 0 Å². The van der Waals surface area contributed by atoms with Gasteiger partial charge in [0.05, 0.1) is 17.8 Å². The zero-order valence-electron chi connectivity index (χ0n) is 12.2. The highest BCUT2D eigenvalue weighted by molar-refractivity contribution is 5.10. The summed E-state index contributed by atoms with van der Waals surface area (Å²) in [6.07, 6.45) is 7.28. The molecule has 0 saturated carbocycles. The fraction of sp³-hybridized carbons (Fsp3) is 0.688. The first-order valence-corrected chi connectivity index (χ1v) is 7.55. The first-order valence-electron chi connectivity index (χ1n) is 7.55. The molecule has 1 spiro atoms. The van der Waals surface area contributed by atoms with E-state index < -0.39 is 5.60 Å². The predicted molar refractivity (Wildman–Crippen MR) is 77.3 cm³/mol. The Morgan fingerprint density at radius 1 is 1.25 bits per heavy atom.